The summed E-state index contributed by atoms with van der Waals surface area (Å²) in [6, 6.07) is 0.305. The van der Waals surface area contributed by atoms with E-state index in [-0.39, 0.29) is 24.0 Å². The van der Waals surface area contributed by atoms with Crippen LogP contribution in [-0.2, 0) is 29.0 Å². The van der Waals surface area contributed by atoms with Gasteiger partial charge < -0.3 is 20.1 Å². The molecule has 1 atom stereocenters. The summed E-state index contributed by atoms with van der Waals surface area (Å²) in [6.07, 6.45) is 9.89. The van der Waals surface area contributed by atoms with Crippen LogP contribution in [0.1, 0.15) is 56.6 Å². The fraction of sp³-hybridized carbons (Fsp3) is 0.842. The molecule has 3 rings (SSSR count). The van der Waals surface area contributed by atoms with Gasteiger partial charge in [0.15, 0.2) is 11.8 Å². The number of nitrogens with zero attached hydrogens (tertiary/aromatic N) is 4. The maximum atomic E-state index is 5.98. The van der Waals surface area contributed by atoms with Crippen LogP contribution >= 0.6 is 24.0 Å². The molecule has 28 heavy (non-hydrogen) atoms. The second-order valence-electron chi connectivity index (χ2n) is 7.42. The van der Waals surface area contributed by atoms with Crippen LogP contribution in [0.3, 0.4) is 0 Å². The Kier molecular flexibility index (Phi) is 10.5. The summed E-state index contributed by atoms with van der Waals surface area (Å²) < 4.78 is 13.1. The number of rotatable bonds is 8. The Labute approximate surface area is 185 Å². The van der Waals surface area contributed by atoms with E-state index in [0.717, 1.165) is 56.6 Å². The normalized spacial score (nSPS) is 20.4. The maximum absolute atomic E-state index is 5.98. The molecule has 0 amide bonds. The first-order valence-corrected chi connectivity index (χ1v) is 10.3. The smallest absolute Gasteiger partial charge is 0.191 e. The van der Waals surface area contributed by atoms with Gasteiger partial charge in [-0.2, -0.15) is 5.10 Å². The molecular weight excluding hydrogens is 471 g/mol. The topological polar surface area (TPSA) is 85.6 Å². The average molecular weight is 506 g/mol. The lowest BCUT2D eigenvalue weighted by molar-refractivity contribution is 0.0277. The first-order chi connectivity index (χ1) is 13.3. The van der Waals surface area contributed by atoms with Gasteiger partial charge in [-0.3, -0.25) is 4.99 Å². The number of ether oxygens (including phenoxy) is 2. The molecule has 1 unspecified atom stereocenters. The minimum Gasteiger partial charge on any atom is -0.378 e. The predicted octanol–water partition coefficient (Wildman–Crippen LogP) is 2.26. The molecular formula is C19H35IN6O2. The van der Waals surface area contributed by atoms with Gasteiger partial charge in [-0.05, 0) is 25.7 Å². The highest BCUT2D eigenvalue weighted by molar-refractivity contribution is 14.0. The van der Waals surface area contributed by atoms with E-state index in [4.69, 9.17) is 9.47 Å². The molecule has 1 aliphatic carbocycles. The molecule has 160 valence electrons. The van der Waals surface area contributed by atoms with E-state index in [9.17, 15) is 0 Å². The van der Waals surface area contributed by atoms with Crippen LogP contribution in [0.25, 0.3) is 0 Å². The van der Waals surface area contributed by atoms with E-state index < -0.39 is 0 Å². The van der Waals surface area contributed by atoms with Gasteiger partial charge in [0.2, 0.25) is 0 Å². The Balaban J connectivity index is 0.00000280. The summed E-state index contributed by atoms with van der Waals surface area (Å²) in [5.74, 6) is 2.65. The van der Waals surface area contributed by atoms with Gasteiger partial charge in [-0.15, -0.1) is 24.0 Å². The van der Waals surface area contributed by atoms with Crippen molar-refractivity contribution in [3.8, 4) is 0 Å². The van der Waals surface area contributed by atoms with Crippen molar-refractivity contribution in [2.45, 2.75) is 76.7 Å². The van der Waals surface area contributed by atoms with Crippen LogP contribution in [0.5, 0.6) is 0 Å². The third-order valence-corrected chi connectivity index (χ3v) is 5.26. The lowest BCUT2D eigenvalue weighted by Gasteiger charge is -2.25. The van der Waals surface area contributed by atoms with Crippen LogP contribution in [0.15, 0.2) is 4.99 Å². The molecule has 0 spiro atoms. The number of guanidine groups is 1. The number of hydrogen-bond donors (Lipinski definition) is 2. The number of nitrogens with one attached hydrogen (secondary N) is 2. The number of aryl methyl sites for hydroxylation is 1. The minimum absolute atomic E-state index is 0. The standard InChI is InChI=1S/C19H34N6O2.HI/c1-20-19(21-11-6-12-27-16-7-4-3-5-8-16)22-15-9-10-18-23-17(14-26-2)24-25(18)13-15;/h15-16H,3-14H2,1-2H3,(H2,20,21,22);1H. The van der Waals surface area contributed by atoms with Gasteiger partial charge in [0.25, 0.3) is 0 Å². The van der Waals surface area contributed by atoms with Gasteiger partial charge in [-0.1, -0.05) is 19.3 Å². The summed E-state index contributed by atoms with van der Waals surface area (Å²) in [5.41, 5.74) is 0. The van der Waals surface area contributed by atoms with Crippen molar-refractivity contribution < 1.29 is 9.47 Å². The van der Waals surface area contributed by atoms with Crippen molar-refractivity contribution >= 4 is 29.9 Å². The largest absolute Gasteiger partial charge is 0.378 e. The zero-order valence-electron chi connectivity index (χ0n) is 17.2. The van der Waals surface area contributed by atoms with E-state index in [2.05, 4.69) is 25.7 Å². The summed E-state index contributed by atoms with van der Waals surface area (Å²) in [7, 11) is 3.48. The molecule has 2 heterocycles. The Hall–Kier alpha value is -0.940. The first kappa shape index (κ1) is 23.3. The fourth-order valence-corrected chi connectivity index (χ4v) is 3.82. The molecule has 2 N–H and O–H groups in total. The van der Waals surface area contributed by atoms with Gasteiger partial charge in [0.05, 0.1) is 12.6 Å². The van der Waals surface area contributed by atoms with E-state index in [1.54, 1.807) is 7.11 Å². The first-order valence-electron chi connectivity index (χ1n) is 10.3. The summed E-state index contributed by atoms with van der Waals surface area (Å²) >= 11 is 0. The molecule has 0 saturated heterocycles. The summed E-state index contributed by atoms with van der Waals surface area (Å²) in [6.45, 7) is 2.95. The molecule has 1 aromatic rings. The highest BCUT2D eigenvalue weighted by Crippen LogP contribution is 2.20. The van der Waals surface area contributed by atoms with Crippen molar-refractivity contribution in [1.29, 1.82) is 0 Å². The van der Waals surface area contributed by atoms with Crippen molar-refractivity contribution in [1.82, 2.24) is 25.4 Å². The molecule has 0 radical (unpaired) electrons. The Morgan fingerprint density at radius 2 is 2.07 bits per heavy atom. The second-order valence-corrected chi connectivity index (χ2v) is 7.42. The number of methoxy groups -OCH3 is 1. The second kappa shape index (κ2) is 12.6. The van der Waals surface area contributed by atoms with Gasteiger partial charge in [0.1, 0.15) is 12.4 Å². The average Bonchev–Trinajstić information content (AvgIpc) is 3.09. The predicted molar refractivity (Wildman–Crippen MR) is 120 cm³/mol. The number of fused-ring (bicyclic) bond motifs is 1. The van der Waals surface area contributed by atoms with E-state index in [0.29, 0.717) is 18.8 Å². The quantitative estimate of drug-likeness (QED) is 0.244. The number of aliphatic imine (C=N–C) groups is 1. The Morgan fingerprint density at radius 1 is 1.25 bits per heavy atom. The third-order valence-electron chi connectivity index (χ3n) is 5.26. The lowest BCUT2D eigenvalue weighted by Crippen LogP contribution is -2.47. The highest BCUT2D eigenvalue weighted by atomic mass is 127. The van der Waals surface area contributed by atoms with Gasteiger partial charge in [0, 0.05) is 39.8 Å². The minimum atomic E-state index is 0. The zero-order valence-corrected chi connectivity index (χ0v) is 19.5. The van der Waals surface area contributed by atoms with Crippen molar-refractivity contribution in [3.63, 3.8) is 0 Å². The van der Waals surface area contributed by atoms with E-state index >= 15 is 0 Å². The monoisotopic (exact) mass is 506 g/mol. The summed E-state index contributed by atoms with van der Waals surface area (Å²) in [5, 5.41) is 11.4. The number of hydrogen-bond acceptors (Lipinski definition) is 5. The molecule has 0 aromatic carbocycles. The molecule has 1 aromatic heterocycles. The number of aromatic nitrogens is 3. The van der Waals surface area contributed by atoms with Crippen LogP contribution in [0.4, 0.5) is 0 Å². The van der Waals surface area contributed by atoms with Gasteiger partial charge >= 0.3 is 0 Å². The molecule has 1 saturated carbocycles. The van der Waals surface area contributed by atoms with Crippen molar-refractivity contribution in [3.05, 3.63) is 11.6 Å². The Bertz CT molecular complexity index is 603. The maximum Gasteiger partial charge on any atom is 0.191 e. The molecule has 8 nitrogen and oxygen atoms in total. The van der Waals surface area contributed by atoms with Crippen molar-refractivity contribution in [2.75, 3.05) is 27.3 Å². The van der Waals surface area contributed by atoms with Crippen LogP contribution in [0.2, 0.25) is 0 Å². The van der Waals surface area contributed by atoms with E-state index in [1.807, 2.05) is 11.7 Å². The molecule has 1 fully saturated rings. The molecule has 1 aliphatic heterocycles. The lowest BCUT2D eigenvalue weighted by atomic mass is 9.98. The van der Waals surface area contributed by atoms with Crippen LogP contribution in [-0.4, -0.2) is 60.2 Å². The third kappa shape index (κ3) is 7.14. The zero-order chi connectivity index (χ0) is 18.9. The summed E-state index contributed by atoms with van der Waals surface area (Å²) in [4.78, 5) is 8.87. The van der Waals surface area contributed by atoms with E-state index in [1.165, 1.54) is 32.1 Å². The van der Waals surface area contributed by atoms with Gasteiger partial charge in [-0.25, -0.2) is 9.67 Å². The highest BCUT2D eigenvalue weighted by Gasteiger charge is 2.22. The van der Waals surface area contributed by atoms with Crippen LogP contribution in [0, 0.1) is 0 Å². The van der Waals surface area contributed by atoms with Crippen molar-refractivity contribution in [2.24, 2.45) is 4.99 Å². The fourth-order valence-electron chi connectivity index (χ4n) is 3.82. The number of halogens is 1. The molecule has 0 bridgehead atoms. The Morgan fingerprint density at radius 3 is 2.82 bits per heavy atom. The molecule has 9 heteroatoms. The SMILES string of the molecule is CN=C(NCCCOC1CCCCC1)NC1CCc2nc(COC)nn2C1.I. The molecule has 2 aliphatic rings. The van der Waals surface area contributed by atoms with Crippen LogP contribution < -0.4 is 10.6 Å².